The molecular weight excluding hydrogens is 637 g/mol. The van der Waals surface area contributed by atoms with Crippen molar-refractivity contribution >= 4 is 22.8 Å². The Morgan fingerprint density at radius 3 is 1.21 bits per heavy atom. The number of carbonyl (C=O) groups excluding carboxylic acids is 1. The molecule has 244 valence electrons. The molecule has 2 aliphatic rings. The Labute approximate surface area is 301 Å². The number of carbonyl (C=O) groups is 1. The number of hydrogen-bond donors (Lipinski definition) is 0. The van der Waals surface area contributed by atoms with E-state index in [0.29, 0.717) is 17.5 Å². The first kappa shape index (κ1) is 29.9. The summed E-state index contributed by atoms with van der Waals surface area (Å²) in [6.07, 6.45) is 0. The quantitative estimate of drug-likeness (QED) is 0.187. The van der Waals surface area contributed by atoms with Crippen LogP contribution in [0.15, 0.2) is 182 Å². The van der Waals surface area contributed by atoms with E-state index in [1.54, 1.807) is 0 Å². The van der Waals surface area contributed by atoms with Crippen molar-refractivity contribution in [3.63, 3.8) is 0 Å². The van der Waals surface area contributed by atoms with E-state index in [9.17, 15) is 4.79 Å². The molecule has 1 spiro atoms. The van der Waals surface area contributed by atoms with Crippen molar-refractivity contribution in [2.75, 3.05) is 4.90 Å². The topological polar surface area (TPSA) is 59.0 Å². The van der Waals surface area contributed by atoms with Crippen molar-refractivity contribution in [2.45, 2.75) is 5.41 Å². The zero-order valence-electron chi connectivity index (χ0n) is 28.0. The van der Waals surface area contributed by atoms with Crippen LogP contribution in [0, 0.1) is 0 Å². The molecule has 0 atom stereocenters. The van der Waals surface area contributed by atoms with Gasteiger partial charge in [-0.3, -0.25) is 4.79 Å². The Bertz CT molecular complexity index is 2510. The monoisotopic (exact) mass is 666 g/mol. The number of para-hydroxylation sites is 3. The van der Waals surface area contributed by atoms with E-state index in [-0.39, 0.29) is 5.78 Å². The number of fused-ring (bicyclic) bond motifs is 8. The van der Waals surface area contributed by atoms with E-state index in [2.05, 4.69) is 83.8 Å². The third kappa shape index (κ3) is 4.36. The van der Waals surface area contributed by atoms with Gasteiger partial charge in [0.1, 0.15) is 0 Å². The number of rotatable bonds is 4. The predicted octanol–water partition coefficient (Wildman–Crippen LogP) is 10.6. The second-order valence-electron chi connectivity index (χ2n) is 13.1. The first-order chi connectivity index (χ1) is 25.7. The van der Waals surface area contributed by atoms with Gasteiger partial charge in [-0.05, 0) is 46.5 Å². The van der Waals surface area contributed by atoms with Gasteiger partial charge in [0.2, 0.25) is 0 Å². The highest BCUT2D eigenvalue weighted by atomic mass is 16.1. The molecule has 1 aliphatic heterocycles. The minimum absolute atomic E-state index is 0.0536. The first-order valence-corrected chi connectivity index (χ1v) is 17.4. The van der Waals surface area contributed by atoms with E-state index in [1.807, 2.05) is 103 Å². The Morgan fingerprint density at radius 2 is 0.712 bits per heavy atom. The molecule has 8 aromatic rings. The van der Waals surface area contributed by atoms with Crippen LogP contribution in [0.4, 0.5) is 17.1 Å². The van der Waals surface area contributed by atoms with Crippen molar-refractivity contribution < 1.29 is 4.79 Å². The minimum Gasteiger partial charge on any atom is -0.309 e. The molecule has 0 radical (unpaired) electrons. The minimum atomic E-state index is -0.728. The van der Waals surface area contributed by atoms with Crippen LogP contribution in [0.3, 0.4) is 0 Å². The summed E-state index contributed by atoms with van der Waals surface area (Å²) in [5, 5.41) is 0. The van der Waals surface area contributed by atoms with Crippen molar-refractivity contribution in [3.05, 3.63) is 215 Å². The zero-order valence-corrected chi connectivity index (χ0v) is 28.0. The molecule has 1 aliphatic carbocycles. The maximum atomic E-state index is 14.1. The molecule has 0 saturated carbocycles. The van der Waals surface area contributed by atoms with Crippen molar-refractivity contribution in [1.82, 2.24) is 15.0 Å². The highest BCUT2D eigenvalue weighted by molar-refractivity contribution is 6.15. The summed E-state index contributed by atoms with van der Waals surface area (Å²) in [6.45, 7) is 0. The van der Waals surface area contributed by atoms with Crippen LogP contribution in [0.5, 0.6) is 0 Å². The molecule has 0 bridgehead atoms. The fraction of sp³-hybridized carbons (Fsp3) is 0.0213. The molecular formula is C47H30N4O. The maximum Gasteiger partial charge on any atom is 0.193 e. The van der Waals surface area contributed by atoms with Gasteiger partial charge in [-0.2, -0.15) is 0 Å². The van der Waals surface area contributed by atoms with Crippen molar-refractivity contribution in [3.8, 4) is 34.2 Å². The standard InChI is InChI=1S/C47H30N4O/c52-43-33-21-7-10-24-36(33)47(37-25-11-8-22-34(37)43)38-26-12-15-29-41(38)51(42-30-16-13-27-39(42)47)40-28-14-9-23-35(40)46-49-44(31-17-3-1-4-18-31)48-45(50-46)32-19-5-2-6-20-32/h1-30H. The van der Waals surface area contributed by atoms with Crippen LogP contribution in [0.2, 0.25) is 0 Å². The number of nitrogens with zero attached hydrogens (tertiary/aromatic N) is 4. The molecule has 5 nitrogen and oxygen atoms in total. The first-order valence-electron chi connectivity index (χ1n) is 17.4. The van der Waals surface area contributed by atoms with E-state index >= 15 is 0 Å². The van der Waals surface area contributed by atoms with Crippen molar-refractivity contribution in [2.24, 2.45) is 0 Å². The molecule has 0 amide bonds. The Morgan fingerprint density at radius 1 is 0.346 bits per heavy atom. The molecule has 0 N–H and O–H groups in total. The van der Waals surface area contributed by atoms with Gasteiger partial charge in [-0.1, -0.05) is 158 Å². The maximum absolute atomic E-state index is 14.1. The van der Waals surface area contributed by atoms with Crippen LogP contribution in [-0.2, 0) is 5.41 Å². The summed E-state index contributed by atoms with van der Waals surface area (Å²) in [4.78, 5) is 31.6. The summed E-state index contributed by atoms with van der Waals surface area (Å²) in [6, 6.07) is 61.8. The normalized spacial score (nSPS) is 13.5. The van der Waals surface area contributed by atoms with E-state index in [0.717, 1.165) is 67.1 Å². The second-order valence-corrected chi connectivity index (χ2v) is 13.1. The number of hydrogen-bond acceptors (Lipinski definition) is 5. The average molecular weight is 667 g/mol. The molecule has 0 fully saturated rings. The fourth-order valence-electron chi connectivity index (χ4n) is 8.18. The molecule has 7 aromatic carbocycles. The molecule has 1 aromatic heterocycles. The molecule has 5 heteroatoms. The lowest BCUT2D eigenvalue weighted by Crippen LogP contribution is -2.42. The fourth-order valence-corrected chi connectivity index (χ4v) is 8.18. The van der Waals surface area contributed by atoms with Crippen LogP contribution < -0.4 is 4.90 Å². The largest absolute Gasteiger partial charge is 0.309 e. The van der Waals surface area contributed by atoms with Crippen LogP contribution in [0.25, 0.3) is 34.2 Å². The van der Waals surface area contributed by atoms with Gasteiger partial charge in [0, 0.05) is 27.8 Å². The van der Waals surface area contributed by atoms with Gasteiger partial charge in [0.15, 0.2) is 23.3 Å². The third-order valence-electron chi connectivity index (χ3n) is 10.3. The summed E-state index contributed by atoms with van der Waals surface area (Å²) in [7, 11) is 0. The average Bonchev–Trinajstić information content (AvgIpc) is 3.23. The summed E-state index contributed by atoms with van der Waals surface area (Å²) >= 11 is 0. The van der Waals surface area contributed by atoms with E-state index in [1.165, 1.54) is 0 Å². The lowest BCUT2D eigenvalue weighted by Gasteiger charge is -2.49. The number of anilines is 3. The highest BCUT2D eigenvalue weighted by Gasteiger charge is 2.51. The Hall–Kier alpha value is -6.98. The molecule has 0 unspecified atom stereocenters. The molecule has 2 heterocycles. The Kier molecular flexibility index (Phi) is 6.80. The van der Waals surface area contributed by atoms with E-state index in [4.69, 9.17) is 15.0 Å². The highest BCUT2D eigenvalue weighted by Crippen LogP contribution is 2.60. The van der Waals surface area contributed by atoms with Crippen LogP contribution >= 0.6 is 0 Å². The van der Waals surface area contributed by atoms with Gasteiger partial charge in [-0.25, -0.2) is 15.0 Å². The second kappa shape index (κ2) is 11.8. The number of benzene rings is 7. The smallest absolute Gasteiger partial charge is 0.193 e. The molecule has 10 rings (SSSR count). The number of ketones is 1. The van der Waals surface area contributed by atoms with Crippen LogP contribution in [0.1, 0.15) is 38.2 Å². The van der Waals surface area contributed by atoms with Gasteiger partial charge >= 0.3 is 0 Å². The third-order valence-corrected chi connectivity index (χ3v) is 10.3. The lowest BCUT2D eigenvalue weighted by atomic mass is 9.57. The predicted molar refractivity (Wildman–Crippen MR) is 206 cm³/mol. The Balaban J connectivity index is 1.25. The van der Waals surface area contributed by atoms with E-state index < -0.39 is 5.41 Å². The number of aromatic nitrogens is 3. The van der Waals surface area contributed by atoms with Gasteiger partial charge < -0.3 is 4.90 Å². The molecule has 52 heavy (non-hydrogen) atoms. The summed E-state index contributed by atoms with van der Waals surface area (Å²) < 4.78 is 0. The van der Waals surface area contributed by atoms with Gasteiger partial charge in [0.25, 0.3) is 0 Å². The summed E-state index contributed by atoms with van der Waals surface area (Å²) in [5.74, 6) is 1.85. The van der Waals surface area contributed by atoms with Gasteiger partial charge in [0.05, 0.1) is 22.5 Å². The summed E-state index contributed by atoms with van der Waals surface area (Å²) in [5.41, 5.74) is 10.6. The zero-order chi connectivity index (χ0) is 34.6. The van der Waals surface area contributed by atoms with Gasteiger partial charge in [-0.15, -0.1) is 0 Å². The van der Waals surface area contributed by atoms with Crippen LogP contribution in [-0.4, -0.2) is 20.7 Å². The van der Waals surface area contributed by atoms with Crippen molar-refractivity contribution in [1.29, 1.82) is 0 Å². The SMILES string of the molecule is O=C1c2ccccc2C2(c3ccccc31)c1ccccc1N(c1ccccc1-c1nc(-c3ccccc3)nc(-c3ccccc3)n1)c1ccccc12. The molecule has 0 saturated heterocycles. The lowest BCUT2D eigenvalue weighted by molar-refractivity contribution is 0.103.